The molecule has 2 aliphatic rings. The molecule has 1 heterocycles. The van der Waals surface area contributed by atoms with E-state index in [9.17, 15) is 5.11 Å². The first-order valence-electron chi connectivity index (χ1n) is 8.68. The van der Waals surface area contributed by atoms with Gasteiger partial charge in [-0.05, 0) is 50.6 Å². The molecule has 1 saturated heterocycles. The highest BCUT2D eigenvalue weighted by molar-refractivity contribution is 4.91. The largest absolute Gasteiger partial charge is 0.395 e. The number of hydrogen-bond acceptors (Lipinski definition) is 3. The monoisotopic (exact) mass is 282 g/mol. The van der Waals surface area contributed by atoms with Gasteiger partial charge in [0.2, 0.25) is 0 Å². The molecule has 0 spiro atoms. The molecule has 1 saturated carbocycles. The molecule has 0 radical (unpaired) electrons. The molecule has 0 bridgehead atoms. The number of nitrogens with one attached hydrogen (secondary N) is 1. The third-order valence-electron chi connectivity index (χ3n) is 5.49. The first-order chi connectivity index (χ1) is 9.69. The topological polar surface area (TPSA) is 35.5 Å². The van der Waals surface area contributed by atoms with E-state index < -0.39 is 0 Å². The highest BCUT2D eigenvalue weighted by Gasteiger charge is 2.37. The lowest BCUT2D eigenvalue weighted by molar-refractivity contribution is 0.0414. The molecule has 3 nitrogen and oxygen atoms in total. The Labute approximate surface area is 125 Å². The van der Waals surface area contributed by atoms with Gasteiger partial charge in [0.1, 0.15) is 0 Å². The van der Waals surface area contributed by atoms with Gasteiger partial charge in [-0.25, -0.2) is 0 Å². The standard InChI is InChI=1S/C17H34N2O/c1-15-7-6-9-17(11-15,13-18-2)14-19-10-5-3-4-8-16(19)12-20/h15-16,18,20H,3-14H2,1-2H3. The fourth-order valence-corrected chi connectivity index (χ4v) is 4.59. The number of rotatable bonds is 5. The van der Waals surface area contributed by atoms with E-state index in [0.29, 0.717) is 18.1 Å². The molecule has 2 fully saturated rings. The van der Waals surface area contributed by atoms with Gasteiger partial charge in [0.25, 0.3) is 0 Å². The van der Waals surface area contributed by atoms with Crippen molar-refractivity contribution in [1.82, 2.24) is 10.2 Å². The molecule has 3 heteroatoms. The quantitative estimate of drug-likeness (QED) is 0.814. The van der Waals surface area contributed by atoms with Crippen molar-refractivity contribution in [2.24, 2.45) is 11.3 Å². The summed E-state index contributed by atoms with van der Waals surface area (Å²) in [5.41, 5.74) is 0.435. The first-order valence-corrected chi connectivity index (χ1v) is 8.68. The summed E-state index contributed by atoms with van der Waals surface area (Å²) in [6.07, 6.45) is 10.6. The minimum absolute atomic E-state index is 0.338. The third-order valence-corrected chi connectivity index (χ3v) is 5.49. The van der Waals surface area contributed by atoms with Crippen molar-refractivity contribution in [3.05, 3.63) is 0 Å². The smallest absolute Gasteiger partial charge is 0.0586 e. The van der Waals surface area contributed by atoms with Crippen LogP contribution in [0, 0.1) is 11.3 Å². The summed E-state index contributed by atoms with van der Waals surface area (Å²) in [5, 5.41) is 13.2. The van der Waals surface area contributed by atoms with E-state index in [1.165, 1.54) is 64.5 Å². The van der Waals surface area contributed by atoms with Gasteiger partial charge in [0, 0.05) is 19.1 Å². The van der Waals surface area contributed by atoms with Crippen LogP contribution in [0.15, 0.2) is 0 Å². The zero-order valence-corrected chi connectivity index (χ0v) is 13.5. The molecular weight excluding hydrogens is 248 g/mol. The fraction of sp³-hybridized carbons (Fsp3) is 1.00. The number of aliphatic hydroxyl groups excluding tert-OH is 1. The normalized spacial score (nSPS) is 36.8. The maximum atomic E-state index is 9.72. The van der Waals surface area contributed by atoms with E-state index in [1.54, 1.807) is 0 Å². The Morgan fingerprint density at radius 3 is 2.75 bits per heavy atom. The predicted molar refractivity (Wildman–Crippen MR) is 84.9 cm³/mol. The van der Waals surface area contributed by atoms with E-state index in [4.69, 9.17) is 0 Å². The number of aliphatic hydroxyl groups is 1. The minimum atomic E-state index is 0.338. The Morgan fingerprint density at radius 2 is 2.05 bits per heavy atom. The number of hydrogen-bond donors (Lipinski definition) is 2. The molecule has 0 amide bonds. The summed E-state index contributed by atoms with van der Waals surface area (Å²) in [5.74, 6) is 0.858. The van der Waals surface area contributed by atoms with Gasteiger partial charge < -0.3 is 10.4 Å². The Bertz CT molecular complexity index is 280. The third kappa shape index (κ3) is 4.19. The van der Waals surface area contributed by atoms with Crippen LogP contribution in [0.5, 0.6) is 0 Å². The Morgan fingerprint density at radius 1 is 1.20 bits per heavy atom. The zero-order chi connectivity index (χ0) is 14.4. The van der Waals surface area contributed by atoms with Crippen LogP contribution in [0.25, 0.3) is 0 Å². The van der Waals surface area contributed by atoms with Crippen LogP contribution >= 0.6 is 0 Å². The van der Waals surface area contributed by atoms with Crippen LogP contribution in [-0.4, -0.2) is 49.3 Å². The Hall–Kier alpha value is -0.120. The lowest BCUT2D eigenvalue weighted by atomic mass is 9.69. The second-order valence-electron chi connectivity index (χ2n) is 7.39. The van der Waals surface area contributed by atoms with Crippen molar-refractivity contribution >= 4 is 0 Å². The average Bonchev–Trinajstić information content (AvgIpc) is 2.64. The van der Waals surface area contributed by atoms with Crippen LogP contribution < -0.4 is 5.32 Å². The highest BCUT2D eigenvalue weighted by atomic mass is 16.3. The van der Waals surface area contributed by atoms with E-state index in [1.807, 2.05) is 0 Å². The van der Waals surface area contributed by atoms with Gasteiger partial charge in [-0.2, -0.15) is 0 Å². The summed E-state index contributed by atoms with van der Waals surface area (Å²) in [4.78, 5) is 2.61. The lowest BCUT2D eigenvalue weighted by Crippen LogP contribution is -2.50. The van der Waals surface area contributed by atoms with Crippen molar-refractivity contribution < 1.29 is 5.11 Å². The van der Waals surface area contributed by atoms with Gasteiger partial charge in [0.15, 0.2) is 0 Å². The second-order valence-corrected chi connectivity index (χ2v) is 7.39. The molecule has 3 atom stereocenters. The summed E-state index contributed by atoms with van der Waals surface area (Å²) >= 11 is 0. The van der Waals surface area contributed by atoms with Crippen molar-refractivity contribution in [2.75, 3.05) is 33.3 Å². The summed E-state index contributed by atoms with van der Waals surface area (Å²) in [6, 6.07) is 0.406. The van der Waals surface area contributed by atoms with E-state index in [2.05, 4.69) is 24.2 Å². The van der Waals surface area contributed by atoms with Gasteiger partial charge >= 0.3 is 0 Å². The van der Waals surface area contributed by atoms with Gasteiger partial charge in [-0.15, -0.1) is 0 Å². The number of nitrogens with zero attached hydrogens (tertiary/aromatic N) is 1. The Balaban J connectivity index is 2.05. The van der Waals surface area contributed by atoms with Crippen LogP contribution in [0.1, 0.15) is 58.3 Å². The molecule has 0 aromatic heterocycles. The average molecular weight is 282 g/mol. The fourth-order valence-electron chi connectivity index (χ4n) is 4.59. The second kappa shape index (κ2) is 7.77. The van der Waals surface area contributed by atoms with Crippen molar-refractivity contribution in [3.63, 3.8) is 0 Å². The van der Waals surface area contributed by atoms with E-state index in [-0.39, 0.29) is 0 Å². The van der Waals surface area contributed by atoms with E-state index in [0.717, 1.165) is 12.5 Å². The molecule has 1 aliphatic carbocycles. The van der Waals surface area contributed by atoms with Gasteiger partial charge in [0.05, 0.1) is 6.61 Å². The molecule has 1 aliphatic heterocycles. The van der Waals surface area contributed by atoms with Crippen LogP contribution in [0.3, 0.4) is 0 Å². The van der Waals surface area contributed by atoms with Crippen LogP contribution in [0.4, 0.5) is 0 Å². The van der Waals surface area contributed by atoms with Crippen molar-refractivity contribution in [3.8, 4) is 0 Å². The number of likely N-dealkylation sites (tertiary alicyclic amines) is 1. The maximum absolute atomic E-state index is 9.72. The van der Waals surface area contributed by atoms with Crippen LogP contribution in [0.2, 0.25) is 0 Å². The molecular formula is C17H34N2O. The molecule has 2 rings (SSSR count). The van der Waals surface area contributed by atoms with Crippen molar-refractivity contribution in [2.45, 2.75) is 64.3 Å². The SMILES string of the molecule is CNCC1(CN2CCCCCC2CO)CCCC(C)C1. The molecule has 3 unspecified atom stereocenters. The Kier molecular flexibility index (Phi) is 6.31. The highest BCUT2D eigenvalue weighted by Crippen LogP contribution is 2.40. The minimum Gasteiger partial charge on any atom is -0.395 e. The lowest BCUT2D eigenvalue weighted by Gasteiger charge is -2.45. The molecule has 0 aromatic carbocycles. The van der Waals surface area contributed by atoms with E-state index >= 15 is 0 Å². The first kappa shape index (κ1) is 16.3. The predicted octanol–water partition coefficient (Wildman–Crippen LogP) is 2.64. The van der Waals surface area contributed by atoms with Gasteiger partial charge in [-0.3, -0.25) is 4.90 Å². The molecule has 2 N–H and O–H groups in total. The summed E-state index contributed by atoms with van der Waals surface area (Å²) in [7, 11) is 2.09. The van der Waals surface area contributed by atoms with Crippen molar-refractivity contribution in [1.29, 1.82) is 0 Å². The summed E-state index contributed by atoms with van der Waals surface area (Å²) < 4.78 is 0. The zero-order valence-electron chi connectivity index (χ0n) is 13.5. The molecule has 118 valence electrons. The maximum Gasteiger partial charge on any atom is 0.0586 e. The summed E-state index contributed by atoms with van der Waals surface area (Å²) in [6.45, 7) is 6.25. The van der Waals surface area contributed by atoms with Gasteiger partial charge in [-0.1, -0.05) is 32.6 Å². The van der Waals surface area contributed by atoms with Crippen LogP contribution in [-0.2, 0) is 0 Å². The molecule has 0 aromatic rings. The molecule has 20 heavy (non-hydrogen) atoms.